The van der Waals surface area contributed by atoms with Crippen molar-refractivity contribution in [2.45, 2.75) is 51.6 Å². The second-order valence-corrected chi connectivity index (χ2v) is 7.74. The van der Waals surface area contributed by atoms with E-state index in [-0.39, 0.29) is 0 Å². The van der Waals surface area contributed by atoms with E-state index in [4.69, 9.17) is 4.74 Å². The predicted molar refractivity (Wildman–Crippen MR) is 103 cm³/mol. The molecule has 2 atom stereocenters. The number of ether oxygens (including phenoxy) is 1. The fraction of sp³-hybridized carbons (Fsp3) is 0.571. The summed E-state index contributed by atoms with van der Waals surface area (Å²) in [6.45, 7) is 5.59. The van der Waals surface area contributed by atoms with Gasteiger partial charge in [0, 0.05) is 41.7 Å². The molecule has 4 rings (SSSR count). The lowest BCUT2D eigenvalue weighted by atomic mass is 10.00. The lowest BCUT2D eigenvalue weighted by Crippen LogP contribution is -3.17. The minimum atomic E-state index is 0.309. The number of fused-ring (bicyclic) bond motifs is 3. The Balaban J connectivity index is 1.51. The van der Waals surface area contributed by atoms with Crippen molar-refractivity contribution in [2.24, 2.45) is 0 Å². The van der Waals surface area contributed by atoms with Gasteiger partial charge in [-0.25, -0.2) is 0 Å². The van der Waals surface area contributed by atoms with Gasteiger partial charge >= 0.3 is 0 Å². The van der Waals surface area contributed by atoms with Gasteiger partial charge in [-0.1, -0.05) is 6.92 Å². The maximum atomic E-state index is 13.0. The molecule has 1 saturated heterocycles. The van der Waals surface area contributed by atoms with Gasteiger partial charge in [-0.2, -0.15) is 0 Å². The SMILES string of the molecule is CC[C@@H]1CCCC[NH+]1CC(=O)N1CCc2[nH]c3ccc(OC)cc3c2C1. The third kappa shape index (κ3) is 3.20. The van der Waals surface area contributed by atoms with Crippen LogP contribution < -0.4 is 9.64 Å². The first-order chi connectivity index (χ1) is 12.7. The molecule has 0 radical (unpaired) electrons. The van der Waals surface area contributed by atoms with E-state index < -0.39 is 0 Å². The number of piperidine rings is 1. The van der Waals surface area contributed by atoms with Crippen LogP contribution in [0.15, 0.2) is 18.2 Å². The molecule has 0 spiro atoms. The quantitative estimate of drug-likeness (QED) is 0.879. The fourth-order valence-electron chi connectivity index (χ4n) is 4.72. The topological polar surface area (TPSA) is 49.8 Å². The lowest BCUT2D eigenvalue weighted by molar-refractivity contribution is -0.923. The second kappa shape index (κ2) is 7.31. The number of hydrogen-bond acceptors (Lipinski definition) is 2. The number of benzene rings is 1. The van der Waals surface area contributed by atoms with E-state index in [1.54, 1.807) is 7.11 Å². The number of carbonyl (C=O) groups is 1. The number of quaternary nitrogens is 1. The van der Waals surface area contributed by atoms with Gasteiger partial charge in [-0.3, -0.25) is 4.79 Å². The number of rotatable bonds is 4. The zero-order valence-electron chi connectivity index (χ0n) is 15.9. The van der Waals surface area contributed by atoms with Crippen molar-refractivity contribution in [2.75, 3.05) is 26.7 Å². The molecule has 2 aliphatic heterocycles. The summed E-state index contributed by atoms with van der Waals surface area (Å²) in [6, 6.07) is 6.80. The first-order valence-electron chi connectivity index (χ1n) is 9.99. The van der Waals surface area contributed by atoms with Gasteiger partial charge in [0.1, 0.15) is 5.75 Å². The Morgan fingerprint density at radius 3 is 3.08 bits per heavy atom. The molecule has 1 aromatic heterocycles. The number of likely N-dealkylation sites (tertiary alicyclic amines) is 1. The van der Waals surface area contributed by atoms with E-state index >= 15 is 0 Å². The van der Waals surface area contributed by atoms with Crippen LogP contribution in [0.1, 0.15) is 43.9 Å². The van der Waals surface area contributed by atoms with Crippen molar-refractivity contribution < 1.29 is 14.4 Å². The standard InChI is InChI=1S/C21H29N3O2/c1-3-15-6-4-5-10-23(15)14-21(25)24-11-9-20-18(13-24)17-12-16(26-2)7-8-19(17)22-20/h7-8,12,15,22H,3-6,9-11,13-14H2,1-2H3/p+1/t15-/m1/s1. The van der Waals surface area contributed by atoms with E-state index in [1.165, 1.54) is 47.2 Å². The number of hydrogen-bond donors (Lipinski definition) is 2. The number of nitrogens with zero attached hydrogens (tertiary/aromatic N) is 1. The van der Waals surface area contributed by atoms with Crippen molar-refractivity contribution in [1.82, 2.24) is 9.88 Å². The second-order valence-electron chi connectivity index (χ2n) is 7.74. The largest absolute Gasteiger partial charge is 0.497 e. The summed E-state index contributed by atoms with van der Waals surface area (Å²) in [7, 11) is 1.70. The number of H-pyrrole nitrogens is 1. The van der Waals surface area contributed by atoms with Crippen LogP contribution in [0.25, 0.3) is 10.9 Å². The summed E-state index contributed by atoms with van der Waals surface area (Å²) in [5.41, 5.74) is 3.67. The van der Waals surface area contributed by atoms with Gasteiger partial charge < -0.3 is 19.5 Å². The number of aromatic nitrogens is 1. The van der Waals surface area contributed by atoms with Crippen LogP contribution in [0.2, 0.25) is 0 Å². The average molecular weight is 356 g/mol. The van der Waals surface area contributed by atoms with Gasteiger partial charge in [0.15, 0.2) is 6.54 Å². The molecule has 5 heteroatoms. The number of nitrogens with one attached hydrogen (secondary N) is 2. The summed E-state index contributed by atoms with van der Waals surface area (Å²) < 4.78 is 5.38. The molecule has 0 saturated carbocycles. The van der Waals surface area contributed by atoms with Gasteiger partial charge in [-0.15, -0.1) is 0 Å². The molecule has 5 nitrogen and oxygen atoms in total. The first-order valence-corrected chi connectivity index (χ1v) is 9.99. The number of methoxy groups -OCH3 is 1. The maximum absolute atomic E-state index is 13.0. The zero-order chi connectivity index (χ0) is 18.1. The summed E-state index contributed by atoms with van der Waals surface area (Å²) in [5, 5.41) is 1.19. The molecule has 3 heterocycles. The molecule has 1 amide bonds. The van der Waals surface area contributed by atoms with E-state index in [1.807, 2.05) is 6.07 Å². The highest BCUT2D eigenvalue weighted by molar-refractivity contribution is 5.87. The Morgan fingerprint density at radius 1 is 1.38 bits per heavy atom. The molecule has 140 valence electrons. The minimum Gasteiger partial charge on any atom is -0.497 e. The molecule has 26 heavy (non-hydrogen) atoms. The Hall–Kier alpha value is -2.01. The summed E-state index contributed by atoms with van der Waals surface area (Å²) in [4.78, 5) is 20.1. The van der Waals surface area contributed by atoms with Crippen LogP contribution in [-0.2, 0) is 17.8 Å². The summed E-state index contributed by atoms with van der Waals surface area (Å²) in [6.07, 6.45) is 5.93. The molecule has 2 N–H and O–H groups in total. The van der Waals surface area contributed by atoms with Crippen LogP contribution in [-0.4, -0.2) is 48.6 Å². The summed E-state index contributed by atoms with van der Waals surface area (Å²) >= 11 is 0. The van der Waals surface area contributed by atoms with Gasteiger partial charge in [0.2, 0.25) is 0 Å². The Bertz CT molecular complexity index is 798. The Kier molecular flexibility index (Phi) is 4.90. The Morgan fingerprint density at radius 2 is 2.27 bits per heavy atom. The monoisotopic (exact) mass is 356 g/mol. The molecule has 1 aromatic carbocycles. The zero-order valence-corrected chi connectivity index (χ0v) is 15.9. The molecular formula is C21H30N3O2+. The van der Waals surface area contributed by atoms with E-state index in [9.17, 15) is 4.79 Å². The van der Waals surface area contributed by atoms with Gasteiger partial charge in [0.05, 0.1) is 19.7 Å². The van der Waals surface area contributed by atoms with Crippen molar-refractivity contribution in [3.05, 3.63) is 29.5 Å². The number of carbonyl (C=O) groups excluding carboxylic acids is 1. The molecule has 2 aliphatic rings. The highest BCUT2D eigenvalue weighted by Gasteiger charge is 2.30. The Labute approximate surface area is 155 Å². The molecule has 1 fully saturated rings. The molecule has 0 bridgehead atoms. The van der Waals surface area contributed by atoms with E-state index in [0.717, 1.165) is 30.8 Å². The van der Waals surface area contributed by atoms with Crippen molar-refractivity contribution in [3.63, 3.8) is 0 Å². The van der Waals surface area contributed by atoms with Crippen molar-refractivity contribution in [1.29, 1.82) is 0 Å². The smallest absolute Gasteiger partial charge is 0.278 e. The van der Waals surface area contributed by atoms with Crippen molar-refractivity contribution in [3.8, 4) is 5.75 Å². The van der Waals surface area contributed by atoms with Crippen molar-refractivity contribution >= 4 is 16.8 Å². The molecule has 0 aliphatic carbocycles. The molecule has 1 unspecified atom stereocenters. The predicted octanol–water partition coefficient (Wildman–Crippen LogP) is 1.91. The number of amides is 1. The molecular weight excluding hydrogens is 326 g/mol. The third-order valence-electron chi connectivity index (χ3n) is 6.28. The lowest BCUT2D eigenvalue weighted by Gasteiger charge is -2.34. The normalized spacial score (nSPS) is 23.1. The molecule has 2 aromatic rings. The number of aromatic amines is 1. The maximum Gasteiger partial charge on any atom is 0.278 e. The summed E-state index contributed by atoms with van der Waals surface area (Å²) in [5.74, 6) is 1.18. The van der Waals surface area contributed by atoms with Gasteiger partial charge in [-0.05, 0) is 43.9 Å². The average Bonchev–Trinajstić information content (AvgIpc) is 3.05. The van der Waals surface area contributed by atoms with E-state index in [0.29, 0.717) is 25.0 Å². The third-order valence-corrected chi connectivity index (χ3v) is 6.28. The minimum absolute atomic E-state index is 0.309. The van der Waals surface area contributed by atoms with Crippen LogP contribution in [0.3, 0.4) is 0 Å². The first kappa shape index (κ1) is 17.4. The van der Waals surface area contributed by atoms with E-state index in [2.05, 4.69) is 28.9 Å². The van der Waals surface area contributed by atoms with Crippen LogP contribution in [0.5, 0.6) is 5.75 Å². The van der Waals surface area contributed by atoms with Crippen LogP contribution in [0.4, 0.5) is 0 Å². The van der Waals surface area contributed by atoms with Crippen LogP contribution in [0, 0.1) is 0 Å². The fourth-order valence-corrected chi connectivity index (χ4v) is 4.72. The van der Waals surface area contributed by atoms with Crippen LogP contribution >= 0.6 is 0 Å². The highest BCUT2D eigenvalue weighted by Crippen LogP contribution is 2.30. The van der Waals surface area contributed by atoms with Gasteiger partial charge in [0.25, 0.3) is 5.91 Å². The highest BCUT2D eigenvalue weighted by atomic mass is 16.5.